The Labute approximate surface area is 176 Å². The third-order valence-corrected chi connectivity index (χ3v) is 6.61. The van der Waals surface area contributed by atoms with E-state index < -0.39 is 0 Å². The lowest BCUT2D eigenvalue weighted by Gasteiger charge is -2.39. The fraction of sp³-hybridized carbons (Fsp3) is 0.417. The Morgan fingerprint density at radius 3 is 2.50 bits per heavy atom. The van der Waals surface area contributed by atoms with Crippen LogP contribution in [0.1, 0.15) is 40.0 Å². The third kappa shape index (κ3) is 3.20. The Morgan fingerprint density at radius 2 is 1.77 bits per heavy atom. The van der Waals surface area contributed by atoms with E-state index in [1.165, 1.54) is 25.0 Å². The van der Waals surface area contributed by atoms with Gasteiger partial charge in [0, 0.05) is 35.7 Å². The summed E-state index contributed by atoms with van der Waals surface area (Å²) in [5.41, 5.74) is 2.40. The highest BCUT2D eigenvalue weighted by molar-refractivity contribution is 5.91. The fourth-order valence-electron chi connectivity index (χ4n) is 5.85. The van der Waals surface area contributed by atoms with Crippen LogP contribution in [0.3, 0.4) is 0 Å². The zero-order valence-corrected chi connectivity index (χ0v) is 17.6. The number of fused-ring (bicyclic) bond motifs is 3. The molecule has 30 heavy (non-hydrogen) atoms. The molecular weight excluding hydrogens is 376 g/mol. The number of hydrogen-bond donors (Lipinski definition) is 0. The number of rotatable bonds is 3. The van der Waals surface area contributed by atoms with Crippen LogP contribution in [0, 0.1) is 20.9 Å². The number of hydrogen-bond acceptors (Lipinski definition) is 5. The maximum absolute atomic E-state index is 11.0. The van der Waals surface area contributed by atoms with Gasteiger partial charge in [-0.05, 0) is 54.4 Å². The van der Waals surface area contributed by atoms with Crippen LogP contribution >= 0.6 is 0 Å². The summed E-state index contributed by atoms with van der Waals surface area (Å²) in [7, 11) is 0. The van der Waals surface area contributed by atoms with Crippen molar-refractivity contribution in [1.82, 2.24) is 9.97 Å². The Balaban J connectivity index is 1.63. The molecule has 6 heteroatoms. The summed E-state index contributed by atoms with van der Waals surface area (Å²) in [6.07, 6.45) is 3.58. The highest BCUT2D eigenvalue weighted by Crippen LogP contribution is 2.53. The van der Waals surface area contributed by atoms with Crippen molar-refractivity contribution in [3.05, 3.63) is 58.6 Å². The molecule has 6 nitrogen and oxygen atoms in total. The molecule has 2 fully saturated rings. The van der Waals surface area contributed by atoms with E-state index >= 15 is 0 Å². The van der Waals surface area contributed by atoms with Crippen LogP contribution in [0.15, 0.2) is 48.5 Å². The molecule has 0 spiro atoms. The van der Waals surface area contributed by atoms with Crippen molar-refractivity contribution < 1.29 is 4.92 Å². The Bertz CT molecular complexity index is 1140. The normalized spacial score (nSPS) is 24.9. The van der Waals surface area contributed by atoms with Crippen molar-refractivity contribution in [3.8, 4) is 11.4 Å². The van der Waals surface area contributed by atoms with E-state index in [9.17, 15) is 10.1 Å². The molecule has 1 saturated heterocycles. The summed E-state index contributed by atoms with van der Waals surface area (Å²) < 4.78 is 0. The van der Waals surface area contributed by atoms with E-state index in [0.29, 0.717) is 22.7 Å². The van der Waals surface area contributed by atoms with Crippen molar-refractivity contribution >= 4 is 22.4 Å². The molecule has 0 amide bonds. The van der Waals surface area contributed by atoms with Crippen LogP contribution in [-0.4, -0.2) is 27.5 Å². The van der Waals surface area contributed by atoms with Gasteiger partial charge in [-0.1, -0.05) is 32.9 Å². The minimum atomic E-state index is -0.386. The summed E-state index contributed by atoms with van der Waals surface area (Å²) in [5.74, 6) is 1.60. The molecule has 1 aliphatic heterocycles. The van der Waals surface area contributed by atoms with Crippen LogP contribution in [0.2, 0.25) is 0 Å². The van der Waals surface area contributed by atoms with Crippen molar-refractivity contribution in [2.45, 2.75) is 46.1 Å². The molecule has 1 aromatic heterocycles. The van der Waals surface area contributed by atoms with E-state index in [1.807, 2.05) is 18.2 Å². The van der Waals surface area contributed by atoms with Crippen LogP contribution in [0.5, 0.6) is 0 Å². The lowest BCUT2D eigenvalue weighted by molar-refractivity contribution is -0.384. The molecule has 2 aliphatic rings. The van der Waals surface area contributed by atoms with Crippen molar-refractivity contribution in [1.29, 1.82) is 0 Å². The van der Waals surface area contributed by atoms with Gasteiger partial charge in [-0.2, -0.15) is 0 Å². The molecule has 2 atom stereocenters. The highest BCUT2D eigenvalue weighted by Gasteiger charge is 2.50. The zero-order chi connectivity index (χ0) is 21.1. The minimum Gasteiger partial charge on any atom is -0.352 e. The molecule has 5 rings (SSSR count). The number of benzene rings is 2. The van der Waals surface area contributed by atoms with Crippen LogP contribution in [-0.2, 0) is 0 Å². The van der Waals surface area contributed by atoms with Crippen molar-refractivity contribution in [3.63, 3.8) is 0 Å². The topological polar surface area (TPSA) is 72.2 Å². The van der Waals surface area contributed by atoms with Gasteiger partial charge in [0.2, 0.25) is 0 Å². The van der Waals surface area contributed by atoms with Crippen LogP contribution < -0.4 is 4.90 Å². The lowest BCUT2D eigenvalue weighted by atomic mass is 9.65. The summed E-state index contributed by atoms with van der Waals surface area (Å²) in [6.45, 7) is 8.16. The third-order valence-electron chi connectivity index (χ3n) is 6.61. The number of para-hydroxylation sites is 1. The van der Waals surface area contributed by atoms with Gasteiger partial charge in [-0.3, -0.25) is 10.1 Å². The first-order valence-corrected chi connectivity index (χ1v) is 10.5. The number of nitrogens with zero attached hydrogens (tertiary/aromatic N) is 4. The Morgan fingerprint density at radius 1 is 1.03 bits per heavy atom. The van der Waals surface area contributed by atoms with Crippen molar-refractivity contribution in [2.75, 3.05) is 11.4 Å². The molecule has 2 bridgehead atoms. The molecule has 0 radical (unpaired) electrons. The standard InChI is InChI=1S/C24H26N4O2/c1-23(2)12-18-13-24(3,14-23)15-27(18)22-19-6-4-5-7-20(19)25-21(26-22)16-8-10-17(11-9-16)28(29)30/h4-11,18H,12-15H2,1-3H3/t18-,24-/m1/s1. The van der Waals surface area contributed by atoms with Crippen molar-refractivity contribution in [2.24, 2.45) is 10.8 Å². The molecule has 0 N–H and O–H groups in total. The first kappa shape index (κ1) is 19.0. The van der Waals surface area contributed by atoms with Crippen LogP contribution in [0.25, 0.3) is 22.3 Å². The SMILES string of the molecule is CC1(C)C[C@@H]2C[C@@](C)(CN2c2nc(-c3ccc([N+](=O)[O-])cc3)nc3ccccc23)C1. The van der Waals surface area contributed by atoms with Gasteiger partial charge in [-0.15, -0.1) is 0 Å². The summed E-state index contributed by atoms with van der Waals surface area (Å²) in [4.78, 5) is 22.9. The molecular formula is C24H26N4O2. The minimum absolute atomic E-state index is 0.0725. The molecule has 2 heterocycles. The Kier molecular flexibility index (Phi) is 4.10. The van der Waals surface area contributed by atoms with Gasteiger partial charge >= 0.3 is 0 Å². The first-order chi connectivity index (χ1) is 14.2. The maximum atomic E-state index is 11.0. The Hall–Kier alpha value is -3.02. The van der Waals surface area contributed by atoms with E-state index in [1.54, 1.807) is 12.1 Å². The number of aromatic nitrogens is 2. The van der Waals surface area contributed by atoms with Crippen LogP contribution in [0.4, 0.5) is 11.5 Å². The lowest BCUT2D eigenvalue weighted by Crippen LogP contribution is -2.35. The molecule has 0 unspecified atom stereocenters. The van der Waals surface area contributed by atoms with E-state index in [-0.39, 0.29) is 10.6 Å². The first-order valence-electron chi connectivity index (χ1n) is 10.5. The number of nitro groups is 1. The monoisotopic (exact) mass is 402 g/mol. The molecule has 154 valence electrons. The average Bonchev–Trinajstić information content (AvgIpc) is 2.95. The molecule has 1 aliphatic carbocycles. The number of anilines is 1. The average molecular weight is 402 g/mol. The molecule has 3 aromatic rings. The van der Waals surface area contributed by atoms with E-state index in [4.69, 9.17) is 9.97 Å². The predicted molar refractivity (Wildman–Crippen MR) is 119 cm³/mol. The van der Waals surface area contributed by atoms with Gasteiger partial charge in [-0.25, -0.2) is 9.97 Å². The summed E-state index contributed by atoms with van der Waals surface area (Å²) in [6, 6.07) is 15.1. The maximum Gasteiger partial charge on any atom is 0.269 e. The van der Waals surface area contributed by atoms with E-state index in [0.717, 1.165) is 35.2 Å². The van der Waals surface area contributed by atoms with Gasteiger partial charge < -0.3 is 4.90 Å². The second-order valence-corrected chi connectivity index (χ2v) is 10.0. The van der Waals surface area contributed by atoms with Gasteiger partial charge in [0.1, 0.15) is 5.82 Å². The highest BCUT2D eigenvalue weighted by atomic mass is 16.6. The van der Waals surface area contributed by atoms with Gasteiger partial charge in [0.15, 0.2) is 5.82 Å². The number of nitro benzene ring substituents is 1. The predicted octanol–water partition coefficient (Wildman–Crippen LogP) is 5.61. The number of non-ortho nitro benzene ring substituents is 1. The van der Waals surface area contributed by atoms with Gasteiger partial charge in [0.05, 0.1) is 10.4 Å². The fourth-order valence-corrected chi connectivity index (χ4v) is 5.85. The summed E-state index contributed by atoms with van der Waals surface area (Å²) >= 11 is 0. The van der Waals surface area contributed by atoms with Gasteiger partial charge in [0.25, 0.3) is 5.69 Å². The molecule has 1 saturated carbocycles. The van der Waals surface area contributed by atoms with E-state index in [2.05, 4.69) is 31.7 Å². The molecule has 2 aromatic carbocycles. The largest absolute Gasteiger partial charge is 0.352 e. The zero-order valence-electron chi connectivity index (χ0n) is 17.6. The second kappa shape index (κ2) is 6.49. The second-order valence-electron chi connectivity index (χ2n) is 10.0. The summed E-state index contributed by atoms with van der Waals surface area (Å²) in [5, 5.41) is 12.1. The quantitative estimate of drug-likeness (QED) is 0.420. The smallest absolute Gasteiger partial charge is 0.269 e.